The Kier molecular flexibility index (Phi) is 7.67. The van der Waals surface area contributed by atoms with Crippen LogP contribution in [0.1, 0.15) is 12.0 Å². The van der Waals surface area contributed by atoms with Gasteiger partial charge in [0, 0.05) is 23.8 Å². The molecule has 2 aromatic heterocycles. The largest absolute Gasteiger partial charge is 0.481 e. The van der Waals surface area contributed by atoms with E-state index in [9.17, 15) is 14.4 Å². The molecule has 0 saturated carbocycles. The maximum Gasteiger partial charge on any atom is 0.335 e. The molecule has 0 spiro atoms. The lowest BCUT2D eigenvalue weighted by Gasteiger charge is -2.11. The van der Waals surface area contributed by atoms with E-state index in [1.54, 1.807) is 60.7 Å². The van der Waals surface area contributed by atoms with Crippen molar-refractivity contribution in [3.05, 3.63) is 109 Å². The van der Waals surface area contributed by atoms with Crippen molar-refractivity contribution in [1.29, 1.82) is 0 Å². The fourth-order valence-corrected chi connectivity index (χ4v) is 3.45. The van der Waals surface area contributed by atoms with Gasteiger partial charge in [-0.25, -0.2) is 24.1 Å². The van der Waals surface area contributed by atoms with Crippen molar-refractivity contribution in [2.24, 2.45) is 4.99 Å². The first-order valence-corrected chi connectivity index (χ1v) is 11.4. The summed E-state index contributed by atoms with van der Waals surface area (Å²) >= 11 is 11.8. The van der Waals surface area contributed by atoms with Crippen LogP contribution in [0, 0.1) is 0 Å². The van der Waals surface area contributed by atoms with E-state index in [4.69, 9.17) is 33.0 Å². The Morgan fingerprint density at radius 1 is 0.972 bits per heavy atom. The molecule has 0 atom stereocenters. The molecule has 0 bridgehead atoms. The zero-order chi connectivity index (χ0) is 25.7. The molecule has 0 aliphatic rings. The van der Waals surface area contributed by atoms with Crippen LogP contribution in [0.2, 0.25) is 10.0 Å². The predicted molar refractivity (Wildman–Crippen MR) is 133 cm³/mol. The number of carboxylic acids is 1. The minimum Gasteiger partial charge on any atom is -0.481 e. The third-order valence-electron chi connectivity index (χ3n) is 4.98. The Bertz CT molecular complexity index is 1560. The Morgan fingerprint density at radius 3 is 2.31 bits per heavy atom. The summed E-state index contributed by atoms with van der Waals surface area (Å²) in [5.74, 6) is -0.273. The van der Waals surface area contributed by atoms with Gasteiger partial charge in [0.25, 0.3) is 0 Å². The Labute approximate surface area is 213 Å². The molecule has 0 amide bonds. The molecular weight excluding hydrogens is 509 g/mol. The summed E-state index contributed by atoms with van der Waals surface area (Å²) < 4.78 is 7.76. The molecule has 4 rings (SSSR count). The monoisotopic (exact) mass is 527 g/mol. The summed E-state index contributed by atoms with van der Waals surface area (Å²) in [7, 11) is 0. The first-order chi connectivity index (χ1) is 17.3. The van der Waals surface area contributed by atoms with Crippen molar-refractivity contribution in [3.63, 3.8) is 0 Å². The number of hydrogen-bond acceptors (Lipinski definition) is 6. The molecule has 36 heavy (non-hydrogen) atoms. The maximum absolute atomic E-state index is 13.2. The highest BCUT2D eigenvalue weighted by molar-refractivity contribution is 6.30. The van der Waals surface area contributed by atoms with E-state index in [1.807, 2.05) is 0 Å². The third kappa shape index (κ3) is 6.29. The zero-order valence-corrected chi connectivity index (χ0v) is 20.1. The molecule has 0 fully saturated rings. The number of hydrogen-bond donors (Lipinski definition) is 2. The molecule has 2 aromatic carbocycles. The third-order valence-corrected chi connectivity index (χ3v) is 5.45. The Morgan fingerprint density at radius 2 is 1.67 bits per heavy atom. The lowest BCUT2D eigenvalue weighted by molar-refractivity contribution is -0.137. The Balaban J connectivity index is 1.71. The fraction of sp³-hybridized carbons (Fsp3) is 0.125. The van der Waals surface area contributed by atoms with Crippen LogP contribution < -0.4 is 21.7 Å². The second kappa shape index (κ2) is 11.1. The van der Waals surface area contributed by atoms with Crippen molar-refractivity contribution in [2.75, 3.05) is 0 Å². The summed E-state index contributed by atoms with van der Waals surface area (Å²) in [6, 6.07) is 16.7. The van der Waals surface area contributed by atoms with Crippen molar-refractivity contribution in [3.8, 4) is 11.6 Å². The smallest absolute Gasteiger partial charge is 0.335 e. The number of aliphatic carboxylic acids is 1. The number of H-pyrrole nitrogens is 1. The van der Waals surface area contributed by atoms with Gasteiger partial charge in [0.15, 0.2) is 0 Å². The number of nitrogens with zero attached hydrogens (tertiary/aromatic N) is 4. The number of aromatic amines is 1. The van der Waals surface area contributed by atoms with Crippen LogP contribution in [-0.2, 0) is 17.9 Å². The molecule has 2 N–H and O–H groups in total. The van der Waals surface area contributed by atoms with Crippen LogP contribution in [0.5, 0.6) is 11.6 Å². The van der Waals surface area contributed by atoms with Gasteiger partial charge < -0.3 is 9.84 Å². The standard InChI is InChI=1S/C24H19Cl2N5O5/c25-16-3-1-15(2-4-16)14-31-22(29-23(34)30(24(31)35)12-11-21(32)33)28-18-6-8-19(9-7-18)36-20-10-5-17(26)13-27-20/h1-10,13H,11-12,14H2,(H,32,33)(H,28,29,34). The van der Waals surface area contributed by atoms with Gasteiger partial charge in [0.1, 0.15) is 5.75 Å². The number of rotatable bonds is 8. The Hall–Kier alpha value is -4.15. The van der Waals surface area contributed by atoms with Crippen molar-refractivity contribution in [1.82, 2.24) is 19.1 Å². The highest BCUT2D eigenvalue weighted by atomic mass is 35.5. The van der Waals surface area contributed by atoms with Gasteiger partial charge in [-0.2, -0.15) is 0 Å². The summed E-state index contributed by atoms with van der Waals surface area (Å²) in [5, 5.41) is 10.00. The number of aromatic nitrogens is 4. The van der Waals surface area contributed by atoms with E-state index in [2.05, 4.69) is 15.0 Å². The molecular formula is C24H19Cl2N5O5. The van der Waals surface area contributed by atoms with Gasteiger partial charge >= 0.3 is 17.3 Å². The number of pyridine rings is 1. The highest BCUT2D eigenvalue weighted by Crippen LogP contribution is 2.23. The van der Waals surface area contributed by atoms with Gasteiger partial charge in [-0.3, -0.25) is 14.3 Å². The van der Waals surface area contributed by atoms with Gasteiger partial charge in [0.2, 0.25) is 11.5 Å². The quantitative estimate of drug-likeness (QED) is 0.360. The van der Waals surface area contributed by atoms with Gasteiger partial charge in [-0.15, -0.1) is 0 Å². The molecule has 0 aliphatic heterocycles. The molecule has 0 radical (unpaired) electrons. The average Bonchev–Trinajstić information content (AvgIpc) is 2.85. The lowest BCUT2D eigenvalue weighted by atomic mass is 10.2. The minimum absolute atomic E-state index is 0.000406. The number of nitrogens with one attached hydrogen (secondary N) is 1. The van der Waals surface area contributed by atoms with E-state index < -0.39 is 17.3 Å². The first kappa shape index (κ1) is 25.0. The number of benzene rings is 2. The predicted octanol–water partition coefficient (Wildman–Crippen LogP) is 3.59. The molecule has 12 heteroatoms. The minimum atomic E-state index is -1.13. The maximum atomic E-state index is 13.2. The molecule has 0 unspecified atom stereocenters. The topological polar surface area (TPSA) is 132 Å². The number of carboxylic acid groups (broad SMARTS) is 1. The van der Waals surface area contributed by atoms with E-state index in [0.717, 1.165) is 10.1 Å². The second-order valence-corrected chi connectivity index (χ2v) is 8.44. The van der Waals surface area contributed by atoms with E-state index in [1.165, 1.54) is 10.8 Å². The normalized spacial score (nSPS) is 11.4. The van der Waals surface area contributed by atoms with Crippen LogP contribution in [0.4, 0.5) is 5.69 Å². The highest BCUT2D eigenvalue weighted by Gasteiger charge is 2.11. The van der Waals surface area contributed by atoms with Crippen LogP contribution in [-0.4, -0.2) is 30.2 Å². The number of halogens is 2. The summed E-state index contributed by atoms with van der Waals surface area (Å²) in [6.45, 7) is -0.211. The molecule has 184 valence electrons. The fourth-order valence-electron chi connectivity index (χ4n) is 3.22. The zero-order valence-electron chi connectivity index (χ0n) is 18.6. The van der Waals surface area contributed by atoms with E-state index in [-0.39, 0.29) is 25.1 Å². The molecule has 2 heterocycles. The summed E-state index contributed by atoms with van der Waals surface area (Å²) in [4.78, 5) is 47.8. The van der Waals surface area contributed by atoms with Crippen molar-refractivity contribution < 1.29 is 14.6 Å². The van der Waals surface area contributed by atoms with E-state index >= 15 is 0 Å². The lowest BCUT2D eigenvalue weighted by Crippen LogP contribution is -2.50. The first-order valence-electron chi connectivity index (χ1n) is 10.6. The van der Waals surface area contributed by atoms with Crippen LogP contribution in [0.3, 0.4) is 0 Å². The molecule has 0 saturated heterocycles. The average molecular weight is 528 g/mol. The number of ether oxygens (including phenoxy) is 1. The van der Waals surface area contributed by atoms with Crippen molar-refractivity contribution >= 4 is 34.9 Å². The van der Waals surface area contributed by atoms with E-state index in [0.29, 0.717) is 27.4 Å². The number of carbonyl (C=O) groups is 1. The van der Waals surface area contributed by atoms with Gasteiger partial charge in [-0.1, -0.05) is 35.3 Å². The molecule has 10 nitrogen and oxygen atoms in total. The van der Waals surface area contributed by atoms with Gasteiger partial charge in [0.05, 0.1) is 23.7 Å². The van der Waals surface area contributed by atoms with Crippen molar-refractivity contribution in [2.45, 2.75) is 19.5 Å². The van der Waals surface area contributed by atoms with Crippen LogP contribution in [0.25, 0.3) is 0 Å². The SMILES string of the molecule is O=C(O)CCn1c(=O)[nH]/c(=N\c2ccc(Oc3ccc(Cl)cn3)cc2)n(Cc2ccc(Cl)cc2)c1=O. The summed E-state index contributed by atoms with van der Waals surface area (Å²) in [6.07, 6.45) is 1.08. The van der Waals surface area contributed by atoms with Crippen LogP contribution >= 0.6 is 23.2 Å². The second-order valence-electron chi connectivity index (χ2n) is 7.57. The van der Waals surface area contributed by atoms with Gasteiger partial charge in [-0.05, 0) is 48.0 Å². The summed E-state index contributed by atoms with van der Waals surface area (Å²) in [5.41, 5.74) is -0.285. The van der Waals surface area contributed by atoms with Crippen LogP contribution in [0.15, 0.2) is 81.4 Å². The molecule has 0 aliphatic carbocycles. The molecule has 4 aromatic rings.